The Bertz CT molecular complexity index is 267. The molecule has 0 radical (unpaired) electrons. The van der Waals surface area contributed by atoms with E-state index < -0.39 is 0 Å². The fraction of sp³-hybridized carbons (Fsp3) is 0.636. The van der Waals surface area contributed by atoms with Crippen molar-refractivity contribution in [1.29, 1.82) is 0 Å². The second-order valence-electron chi connectivity index (χ2n) is 3.73. The minimum Gasteiger partial charge on any atom is -0.396 e. The summed E-state index contributed by atoms with van der Waals surface area (Å²) in [5, 5.41) is 12.2. The molecule has 0 aliphatic rings. The minimum absolute atomic E-state index is 0.190. The van der Waals surface area contributed by atoms with Crippen LogP contribution in [0.1, 0.15) is 12.0 Å². The summed E-state index contributed by atoms with van der Waals surface area (Å²) < 4.78 is 7.09. The zero-order valence-electron chi connectivity index (χ0n) is 9.44. The van der Waals surface area contributed by atoms with E-state index in [1.54, 1.807) is 7.11 Å². The Morgan fingerprint density at radius 3 is 2.93 bits per heavy atom. The van der Waals surface area contributed by atoms with Gasteiger partial charge in [-0.15, -0.1) is 0 Å². The fourth-order valence-electron chi connectivity index (χ4n) is 1.53. The van der Waals surface area contributed by atoms with Crippen molar-refractivity contribution in [3.8, 4) is 0 Å². The van der Waals surface area contributed by atoms with Crippen LogP contribution in [-0.2, 0) is 18.3 Å². The van der Waals surface area contributed by atoms with E-state index in [1.165, 1.54) is 5.56 Å². The Hall–Kier alpha value is -0.840. The molecule has 0 fully saturated rings. The van der Waals surface area contributed by atoms with E-state index in [-0.39, 0.29) is 12.6 Å². The van der Waals surface area contributed by atoms with Crippen molar-refractivity contribution in [2.75, 3.05) is 20.3 Å². The van der Waals surface area contributed by atoms with Crippen molar-refractivity contribution >= 4 is 0 Å². The average molecular weight is 212 g/mol. The molecule has 0 saturated heterocycles. The highest BCUT2D eigenvalue weighted by Crippen LogP contribution is 2.00. The molecule has 0 bridgehead atoms. The Morgan fingerprint density at radius 2 is 2.40 bits per heavy atom. The van der Waals surface area contributed by atoms with Crippen molar-refractivity contribution in [1.82, 2.24) is 9.88 Å². The number of hydrogen-bond donors (Lipinski definition) is 2. The van der Waals surface area contributed by atoms with E-state index in [0.29, 0.717) is 6.61 Å². The molecule has 0 amide bonds. The van der Waals surface area contributed by atoms with E-state index in [2.05, 4.69) is 17.6 Å². The summed E-state index contributed by atoms with van der Waals surface area (Å²) in [6.45, 7) is 1.64. The summed E-state index contributed by atoms with van der Waals surface area (Å²) in [6, 6.07) is 2.30. The van der Waals surface area contributed by atoms with Gasteiger partial charge in [-0.05, 0) is 18.1 Å². The molecule has 86 valence electrons. The largest absolute Gasteiger partial charge is 0.396 e. The molecular weight excluding hydrogens is 192 g/mol. The van der Waals surface area contributed by atoms with Crippen LogP contribution in [0.3, 0.4) is 0 Å². The predicted octanol–water partition coefficient (Wildman–Crippen LogP) is 0.512. The van der Waals surface area contributed by atoms with Crippen molar-refractivity contribution in [3.05, 3.63) is 24.0 Å². The summed E-state index contributed by atoms with van der Waals surface area (Å²) in [7, 11) is 3.68. The number of hydrogen-bond acceptors (Lipinski definition) is 3. The third-order valence-corrected chi connectivity index (χ3v) is 2.33. The van der Waals surface area contributed by atoms with Gasteiger partial charge in [-0.25, -0.2) is 0 Å². The van der Waals surface area contributed by atoms with Crippen LogP contribution in [0.25, 0.3) is 0 Å². The van der Waals surface area contributed by atoms with Gasteiger partial charge >= 0.3 is 0 Å². The van der Waals surface area contributed by atoms with Crippen LogP contribution < -0.4 is 5.32 Å². The number of nitrogens with one attached hydrogen (secondary N) is 1. The van der Waals surface area contributed by atoms with Gasteiger partial charge in [0, 0.05) is 45.7 Å². The summed E-state index contributed by atoms with van der Waals surface area (Å²) in [5.41, 5.74) is 1.25. The third-order valence-electron chi connectivity index (χ3n) is 2.33. The van der Waals surface area contributed by atoms with Gasteiger partial charge in [-0.3, -0.25) is 0 Å². The highest BCUT2D eigenvalue weighted by molar-refractivity contribution is 5.09. The van der Waals surface area contributed by atoms with Gasteiger partial charge in [0.05, 0.1) is 6.61 Å². The minimum atomic E-state index is 0.190. The molecule has 0 aliphatic heterocycles. The first kappa shape index (κ1) is 12.2. The number of aromatic nitrogens is 1. The molecule has 1 heterocycles. The Kier molecular flexibility index (Phi) is 5.39. The standard InChI is InChI=1S/C11H20N2O2/c1-13-5-3-10(8-13)7-12-11(4-6-14)9-15-2/h3,5,8,11-12,14H,4,6-7,9H2,1-2H3. The zero-order valence-corrected chi connectivity index (χ0v) is 9.44. The van der Waals surface area contributed by atoms with Crippen LogP contribution in [0.5, 0.6) is 0 Å². The SMILES string of the molecule is COCC(CCO)NCc1ccn(C)c1. The number of aliphatic hydroxyl groups is 1. The van der Waals surface area contributed by atoms with Gasteiger partial charge in [-0.1, -0.05) is 0 Å². The molecule has 0 spiro atoms. The Morgan fingerprint density at radius 1 is 1.60 bits per heavy atom. The van der Waals surface area contributed by atoms with Gasteiger partial charge in [-0.2, -0.15) is 0 Å². The van der Waals surface area contributed by atoms with Crippen molar-refractivity contribution in [3.63, 3.8) is 0 Å². The summed E-state index contributed by atoms with van der Waals surface area (Å²) in [5.74, 6) is 0. The predicted molar refractivity (Wildman–Crippen MR) is 59.6 cm³/mol. The average Bonchev–Trinajstić information content (AvgIpc) is 2.61. The number of aryl methyl sites for hydroxylation is 1. The van der Waals surface area contributed by atoms with Crippen molar-refractivity contribution in [2.24, 2.45) is 7.05 Å². The highest BCUT2D eigenvalue weighted by Gasteiger charge is 2.06. The van der Waals surface area contributed by atoms with Crippen LogP contribution in [0.2, 0.25) is 0 Å². The second kappa shape index (κ2) is 6.61. The van der Waals surface area contributed by atoms with Crippen LogP contribution in [-0.4, -0.2) is 36.0 Å². The van der Waals surface area contributed by atoms with Crippen LogP contribution >= 0.6 is 0 Å². The molecule has 4 nitrogen and oxygen atoms in total. The maximum absolute atomic E-state index is 8.86. The van der Waals surface area contributed by atoms with Crippen LogP contribution in [0.4, 0.5) is 0 Å². The molecule has 1 aromatic rings. The lowest BCUT2D eigenvalue weighted by molar-refractivity contribution is 0.148. The van der Waals surface area contributed by atoms with Crippen LogP contribution in [0.15, 0.2) is 18.5 Å². The Labute approximate surface area is 90.9 Å². The van der Waals surface area contributed by atoms with E-state index in [9.17, 15) is 0 Å². The number of ether oxygens (including phenoxy) is 1. The smallest absolute Gasteiger partial charge is 0.0616 e. The van der Waals surface area contributed by atoms with Gasteiger partial charge in [0.1, 0.15) is 0 Å². The molecular formula is C11H20N2O2. The van der Waals surface area contributed by atoms with Gasteiger partial charge < -0.3 is 19.7 Å². The molecule has 4 heteroatoms. The third kappa shape index (κ3) is 4.46. The molecule has 1 aromatic heterocycles. The number of rotatable bonds is 7. The van der Waals surface area contributed by atoms with Crippen LogP contribution in [0, 0.1) is 0 Å². The summed E-state index contributed by atoms with van der Waals surface area (Å²) in [6.07, 6.45) is 4.82. The lowest BCUT2D eigenvalue weighted by Crippen LogP contribution is -2.33. The van der Waals surface area contributed by atoms with Gasteiger partial charge in [0.25, 0.3) is 0 Å². The zero-order chi connectivity index (χ0) is 11.1. The molecule has 0 aromatic carbocycles. The Balaban J connectivity index is 2.32. The molecule has 1 atom stereocenters. The quantitative estimate of drug-likeness (QED) is 0.692. The number of methoxy groups -OCH3 is 1. The molecule has 0 saturated carbocycles. The van der Waals surface area contributed by atoms with Crippen molar-refractivity contribution in [2.45, 2.75) is 19.0 Å². The first-order valence-electron chi connectivity index (χ1n) is 5.20. The number of aliphatic hydroxyl groups excluding tert-OH is 1. The first-order chi connectivity index (χ1) is 7.26. The molecule has 1 rings (SSSR count). The fourth-order valence-corrected chi connectivity index (χ4v) is 1.53. The topological polar surface area (TPSA) is 46.4 Å². The molecule has 2 N–H and O–H groups in total. The normalized spacial score (nSPS) is 13.0. The molecule has 15 heavy (non-hydrogen) atoms. The highest BCUT2D eigenvalue weighted by atomic mass is 16.5. The summed E-state index contributed by atoms with van der Waals surface area (Å²) in [4.78, 5) is 0. The second-order valence-corrected chi connectivity index (χ2v) is 3.73. The maximum Gasteiger partial charge on any atom is 0.0616 e. The van der Waals surface area contributed by atoms with E-state index >= 15 is 0 Å². The van der Waals surface area contributed by atoms with Crippen molar-refractivity contribution < 1.29 is 9.84 Å². The lowest BCUT2D eigenvalue weighted by atomic mass is 10.2. The monoisotopic (exact) mass is 212 g/mol. The number of nitrogens with zero attached hydrogens (tertiary/aromatic N) is 1. The first-order valence-corrected chi connectivity index (χ1v) is 5.20. The van der Waals surface area contributed by atoms with E-state index in [0.717, 1.165) is 13.0 Å². The lowest BCUT2D eigenvalue weighted by Gasteiger charge is -2.16. The maximum atomic E-state index is 8.86. The molecule has 0 aliphatic carbocycles. The summed E-state index contributed by atoms with van der Waals surface area (Å²) >= 11 is 0. The molecule has 1 unspecified atom stereocenters. The van der Waals surface area contributed by atoms with E-state index in [4.69, 9.17) is 9.84 Å². The van der Waals surface area contributed by atoms with E-state index in [1.807, 2.05) is 17.8 Å². The van der Waals surface area contributed by atoms with Gasteiger partial charge in [0.2, 0.25) is 0 Å². The van der Waals surface area contributed by atoms with Gasteiger partial charge in [0.15, 0.2) is 0 Å².